The normalized spacial score (nSPS) is 18.9. The van der Waals surface area contributed by atoms with E-state index >= 15 is 0 Å². The molecule has 1 aliphatic heterocycles. The monoisotopic (exact) mass is 265 g/mol. The molecule has 1 heterocycles. The second-order valence-electron chi connectivity index (χ2n) is 5.13. The standard InChI is InChI=1S/C15H23NO3/c1-16(2)10-15-12-9-14(18-4)13(17-3)8-11(12)6-5-7-19-15/h8-9,15H,5-7,10H2,1-4H3. The molecule has 0 fully saturated rings. The van der Waals surface area contributed by atoms with Crippen LogP contribution in [0.25, 0.3) is 0 Å². The third-order valence-electron chi connectivity index (χ3n) is 3.43. The number of benzene rings is 1. The van der Waals surface area contributed by atoms with Gasteiger partial charge in [-0.3, -0.25) is 0 Å². The largest absolute Gasteiger partial charge is 0.493 e. The molecule has 2 rings (SSSR count). The summed E-state index contributed by atoms with van der Waals surface area (Å²) in [6, 6.07) is 4.15. The fourth-order valence-corrected chi connectivity index (χ4v) is 2.51. The molecule has 0 radical (unpaired) electrons. The minimum Gasteiger partial charge on any atom is -0.493 e. The molecular weight excluding hydrogens is 242 g/mol. The molecule has 106 valence electrons. The summed E-state index contributed by atoms with van der Waals surface area (Å²) in [5, 5.41) is 0. The predicted octanol–water partition coefficient (Wildman–Crippen LogP) is 2.27. The van der Waals surface area contributed by atoms with Gasteiger partial charge in [-0.05, 0) is 50.2 Å². The van der Waals surface area contributed by atoms with Gasteiger partial charge in [0.1, 0.15) is 0 Å². The zero-order chi connectivity index (χ0) is 13.8. The van der Waals surface area contributed by atoms with Gasteiger partial charge in [-0.1, -0.05) is 0 Å². The van der Waals surface area contributed by atoms with Crippen LogP contribution in [0.15, 0.2) is 12.1 Å². The van der Waals surface area contributed by atoms with E-state index in [9.17, 15) is 0 Å². The molecule has 0 aliphatic carbocycles. The zero-order valence-electron chi connectivity index (χ0n) is 12.2. The summed E-state index contributed by atoms with van der Waals surface area (Å²) in [7, 11) is 7.47. The van der Waals surface area contributed by atoms with Gasteiger partial charge in [0.25, 0.3) is 0 Å². The van der Waals surface area contributed by atoms with Crippen LogP contribution in [0.2, 0.25) is 0 Å². The van der Waals surface area contributed by atoms with Crippen molar-refractivity contribution in [2.24, 2.45) is 0 Å². The average Bonchev–Trinajstić information content (AvgIpc) is 2.59. The minimum absolute atomic E-state index is 0.104. The quantitative estimate of drug-likeness (QED) is 0.835. The first-order valence-corrected chi connectivity index (χ1v) is 6.66. The molecule has 0 bridgehead atoms. The first-order valence-electron chi connectivity index (χ1n) is 6.66. The molecule has 0 saturated heterocycles. The van der Waals surface area contributed by atoms with Gasteiger partial charge >= 0.3 is 0 Å². The number of hydrogen-bond acceptors (Lipinski definition) is 4. The lowest BCUT2D eigenvalue weighted by Crippen LogP contribution is -2.22. The van der Waals surface area contributed by atoms with Gasteiger partial charge in [-0.15, -0.1) is 0 Å². The Bertz CT molecular complexity index is 432. The average molecular weight is 265 g/mol. The molecule has 1 atom stereocenters. The highest BCUT2D eigenvalue weighted by atomic mass is 16.5. The van der Waals surface area contributed by atoms with Crippen LogP contribution in [-0.4, -0.2) is 46.4 Å². The van der Waals surface area contributed by atoms with E-state index in [4.69, 9.17) is 14.2 Å². The molecule has 19 heavy (non-hydrogen) atoms. The molecule has 1 aliphatic rings. The fourth-order valence-electron chi connectivity index (χ4n) is 2.51. The van der Waals surface area contributed by atoms with Gasteiger partial charge in [0.15, 0.2) is 11.5 Å². The van der Waals surface area contributed by atoms with Crippen LogP contribution in [0.4, 0.5) is 0 Å². The third kappa shape index (κ3) is 3.19. The molecule has 0 N–H and O–H groups in total. The van der Waals surface area contributed by atoms with E-state index in [2.05, 4.69) is 31.1 Å². The zero-order valence-corrected chi connectivity index (χ0v) is 12.2. The van der Waals surface area contributed by atoms with Crippen LogP contribution in [0, 0.1) is 0 Å². The maximum atomic E-state index is 5.98. The Kier molecular flexibility index (Phi) is 4.66. The van der Waals surface area contributed by atoms with Crippen molar-refractivity contribution in [2.75, 3.05) is 41.5 Å². The van der Waals surface area contributed by atoms with Gasteiger partial charge in [0.05, 0.1) is 20.3 Å². The molecule has 0 saturated carbocycles. The summed E-state index contributed by atoms with van der Waals surface area (Å²) in [5.74, 6) is 1.57. The molecule has 1 unspecified atom stereocenters. The molecule has 1 aromatic rings. The van der Waals surface area contributed by atoms with E-state index in [0.717, 1.165) is 37.5 Å². The number of likely N-dealkylation sites (N-methyl/N-ethyl adjacent to an activating group) is 1. The minimum atomic E-state index is 0.104. The van der Waals surface area contributed by atoms with Gasteiger partial charge in [-0.25, -0.2) is 0 Å². The van der Waals surface area contributed by atoms with Crippen LogP contribution in [-0.2, 0) is 11.2 Å². The number of hydrogen-bond donors (Lipinski definition) is 0. The van der Waals surface area contributed by atoms with E-state index in [0.29, 0.717) is 0 Å². The number of ether oxygens (including phenoxy) is 3. The smallest absolute Gasteiger partial charge is 0.161 e. The van der Waals surface area contributed by atoms with Crippen molar-refractivity contribution in [3.8, 4) is 11.5 Å². The van der Waals surface area contributed by atoms with Crippen molar-refractivity contribution >= 4 is 0 Å². The first-order chi connectivity index (χ1) is 9.15. The van der Waals surface area contributed by atoms with E-state index in [1.54, 1.807) is 14.2 Å². The van der Waals surface area contributed by atoms with Crippen molar-refractivity contribution in [3.63, 3.8) is 0 Å². The summed E-state index contributed by atoms with van der Waals surface area (Å²) < 4.78 is 16.8. The topological polar surface area (TPSA) is 30.9 Å². The van der Waals surface area contributed by atoms with E-state index < -0.39 is 0 Å². The number of nitrogens with zero attached hydrogens (tertiary/aromatic N) is 1. The van der Waals surface area contributed by atoms with Crippen molar-refractivity contribution < 1.29 is 14.2 Å². The Balaban J connectivity index is 2.40. The van der Waals surface area contributed by atoms with Gasteiger partial charge in [-0.2, -0.15) is 0 Å². The Hall–Kier alpha value is -1.26. The Morgan fingerprint density at radius 1 is 1.21 bits per heavy atom. The summed E-state index contributed by atoms with van der Waals surface area (Å²) >= 11 is 0. The summed E-state index contributed by atoms with van der Waals surface area (Å²) in [6.45, 7) is 1.68. The van der Waals surface area contributed by atoms with Crippen molar-refractivity contribution in [1.82, 2.24) is 4.90 Å². The highest BCUT2D eigenvalue weighted by Gasteiger charge is 2.22. The van der Waals surface area contributed by atoms with Gasteiger partial charge in [0.2, 0.25) is 0 Å². The first kappa shape index (κ1) is 14.2. The van der Waals surface area contributed by atoms with Crippen molar-refractivity contribution in [2.45, 2.75) is 18.9 Å². The molecule has 0 spiro atoms. The van der Waals surface area contributed by atoms with E-state index in [-0.39, 0.29) is 6.10 Å². The lowest BCUT2D eigenvalue weighted by Gasteiger charge is -2.23. The van der Waals surface area contributed by atoms with Crippen molar-refractivity contribution in [3.05, 3.63) is 23.3 Å². The van der Waals surface area contributed by atoms with Crippen LogP contribution >= 0.6 is 0 Å². The lowest BCUT2D eigenvalue weighted by atomic mass is 9.98. The summed E-state index contributed by atoms with van der Waals surface area (Å²) in [6.07, 6.45) is 2.18. The Morgan fingerprint density at radius 2 is 1.89 bits per heavy atom. The number of methoxy groups -OCH3 is 2. The predicted molar refractivity (Wildman–Crippen MR) is 75.1 cm³/mol. The molecular formula is C15H23NO3. The van der Waals surface area contributed by atoms with Gasteiger partial charge in [0, 0.05) is 13.2 Å². The molecule has 0 amide bonds. The fraction of sp³-hybridized carbons (Fsp3) is 0.600. The van der Waals surface area contributed by atoms with Crippen LogP contribution in [0.1, 0.15) is 23.7 Å². The number of aryl methyl sites for hydroxylation is 1. The van der Waals surface area contributed by atoms with Crippen LogP contribution in [0.5, 0.6) is 11.5 Å². The second kappa shape index (κ2) is 6.26. The van der Waals surface area contributed by atoms with Crippen LogP contribution in [0.3, 0.4) is 0 Å². The number of rotatable bonds is 4. The highest BCUT2D eigenvalue weighted by Crippen LogP contribution is 2.36. The molecule has 0 aromatic heterocycles. The second-order valence-corrected chi connectivity index (χ2v) is 5.13. The molecule has 4 nitrogen and oxygen atoms in total. The molecule has 1 aromatic carbocycles. The molecule has 4 heteroatoms. The van der Waals surface area contributed by atoms with E-state index in [1.807, 2.05) is 0 Å². The Morgan fingerprint density at radius 3 is 2.53 bits per heavy atom. The SMILES string of the molecule is COc1cc2c(cc1OC)C(CN(C)C)OCCC2. The lowest BCUT2D eigenvalue weighted by molar-refractivity contribution is 0.0384. The maximum absolute atomic E-state index is 5.98. The van der Waals surface area contributed by atoms with Crippen LogP contribution < -0.4 is 9.47 Å². The third-order valence-corrected chi connectivity index (χ3v) is 3.43. The Labute approximate surface area is 115 Å². The van der Waals surface area contributed by atoms with E-state index in [1.165, 1.54) is 11.1 Å². The number of fused-ring (bicyclic) bond motifs is 1. The summed E-state index contributed by atoms with van der Waals surface area (Å²) in [5.41, 5.74) is 2.53. The maximum Gasteiger partial charge on any atom is 0.161 e. The van der Waals surface area contributed by atoms with Crippen molar-refractivity contribution in [1.29, 1.82) is 0 Å². The highest BCUT2D eigenvalue weighted by molar-refractivity contribution is 5.48. The van der Waals surface area contributed by atoms with Gasteiger partial charge < -0.3 is 19.1 Å². The summed E-state index contributed by atoms with van der Waals surface area (Å²) in [4.78, 5) is 2.15.